The van der Waals surface area contributed by atoms with Crippen molar-refractivity contribution in [3.05, 3.63) is 53.7 Å². The zero-order chi connectivity index (χ0) is 17.7. The molecule has 1 aromatic heterocycles. The number of hydrogen-bond donors (Lipinski definition) is 1. The van der Waals surface area contributed by atoms with Crippen molar-refractivity contribution < 1.29 is 14.3 Å². The maximum Gasteiger partial charge on any atom is 0.307 e. The fraction of sp³-hybridized carbons (Fsp3) is 0.400. The Hall–Kier alpha value is -2.40. The molecule has 0 radical (unpaired) electrons. The summed E-state index contributed by atoms with van der Waals surface area (Å²) in [5, 5.41) is 3.51. The van der Waals surface area contributed by atoms with Crippen molar-refractivity contribution in [3.63, 3.8) is 0 Å². The molecule has 1 aliphatic rings. The minimum Gasteiger partial charge on any atom is -0.469 e. The third-order valence-corrected chi connectivity index (χ3v) is 4.73. The van der Waals surface area contributed by atoms with Crippen LogP contribution < -0.4 is 10.1 Å². The normalized spacial score (nSPS) is 15.3. The Morgan fingerprint density at radius 1 is 1.20 bits per heavy atom. The lowest BCUT2D eigenvalue weighted by Gasteiger charge is -2.42. The Morgan fingerprint density at radius 3 is 2.52 bits per heavy atom. The molecule has 5 nitrogen and oxygen atoms in total. The molecule has 1 fully saturated rings. The fourth-order valence-corrected chi connectivity index (χ4v) is 2.96. The number of nitrogens with one attached hydrogen (secondary N) is 1. The maximum absolute atomic E-state index is 11.6. The third kappa shape index (κ3) is 4.57. The molecule has 0 aliphatic heterocycles. The van der Waals surface area contributed by atoms with Crippen molar-refractivity contribution in [3.8, 4) is 11.6 Å². The first kappa shape index (κ1) is 17.4. The van der Waals surface area contributed by atoms with Gasteiger partial charge in [0.1, 0.15) is 5.75 Å². The highest BCUT2D eigenvalue weighted by Crippen LogP contribution is 2.35. The number of nitrogens with zero attached hydrogens (tertiary/aromatic N) is 1. The van der Waals surface area contributed by atoms with Crippen LogP contribution in [0.5, 0.6) is 11.6 Å². The van der Waals surface area contributed by atoms with E-state index in [0.29, 0.717) is 18.8 Å². The molecule has 1 aliphatic carbocycles. The molecule has 0 bridgehead atoms. The Bertz CT molecular complexity index is 707. The van der Waals surface area contributed by atoms with Crippen LogP contribution in [-0.2, 0) is 16.1 Å². The van der Waals surface area contributed by atoms with Gasteiger partial charge in [-0.15, -0.1) is 0 Å². The van der Waals surface area contributed by atoms with Crippen LogP contribution in [0.3, 0.4) is 0 Å². The molecule has 1 saturated carbocycles. The summed E-state index contributed by atoms with van der Waals surface area (Å²) < 4.78 is 10.5. The lowest BCUT2D eigenvalue weighted by molar-refractivity contribution is -0.143. The number of aromatic nitrogens is 1. The van der Waals surface area contributed by atoms with Crippen LogP contribution in [0.15, 0.2) is 42.6 Å². The molecule has 1 N–H and O–H groups in total. The minimum atomic E-state index is -0.160. The van der Waals surface area contributed by atoms with E-state index in [1.54, 1.807) is 6.20 Å². The van der Waals surface area contributed by atoms with Crippen LogP contribution in [0.1, 0.15) is 36.8 Å². The first-order valence-corrected chi connectivity index (χ1v) is 8.60. The summed E-state index contributed by atoms with van der Waals surface area (Å²) in [5.74, 6) is 1.18. The topological polar surface area (TPSA) is 60.5 Å². The van der Waals surface area contributed by atoms with Crippen molar-refractivity contribution >= 4 is 5.97 Å². The fourth-order valence-electron chi connectivity index (χ4n) is 2.96. The number of ether oxygens (including phenoxy) is 2. The molecule has 5 heteroatoms. The van der Waals surface area contributed by atoms with Crippen molar-refractivity contribution in [1.29, 1.82) is 0 Å². The number of aryl methyl sites for hydroxylation is 1. The Labute approximate surface area is 148 Å². The number of hydrogen-bond acceptors (Lipinski definition) is 5. The Morgan fingerprint density at radius 2 is 1.96 bits per heavy atom. The average molecular weight is 340 g/mol. The molecule has 0 amide bonds. The second kappa shape index (κ2) is 7.66. The molecule has 1 heterocycles. The number of pyridine rings is 1. The van der Waals surface area contributed by atoms with Crippen LogP contribution in [0.4, 0.5) is 0 Å². The first-order chi connectivity index (χ1) is 12.1. The summed E-state index contributed by atoms with van der Waals surface area (Å²) in [6.07, 6.45) is 5.38. The zero-order valence-electron chi connectivity index (χ0n) is 14.7. The van der Waals surface area contributed by atoms with E-state index in [1.807, 2.05) is 43.3 Å². The van der Waals surface area contributed by atoms with Crippen LogP contribution >= 0.6 is 0 Å². The summed E-state index contributed by atoms with van der Waals surface area (Å²) >= 11 is 0. The van der Waals surface area contributed by atoms with Gasteiger partial charge in [-0.05, 0) is 43.9 Å². The number of methoxy groups -OCH3 is 1. The monoisotopic (exact) mass is 340 g/mol. The third-order valence-electron chi connectivity index (χ3n) is 4.73. The SMILES string of the molecule is COC(=O)CC1(NCc2ccc(Oc3ccc(C)cc3)nc2)CCC1. The number of carbonyl (C=O) groups is 1. The quantitative estimate of drug-likeness (QED) is 0.778. The highest BCUT2D eigenvalue weighted by Gasteiger charge is 2.38. The zero-order valence-corrected chi connectivity index (χ0v) is 14.7. The van der Waals surface area contributed by atoms with Gasteiger partial charge < -0.3 is 14.8 Å². The van der Waals surface area contributed by atoms with Gasteiger partial charge in [0, 0.05) is 24.3 Å². The van der Waals surface area contributed by atoms with Crippen molar-refractivity contribution in [2.75, 3.05) is 7.11 Å². The number of esters is 1. The van der Waals surface area contributed by atoms with Gasteiger partial charge >= 0.3 is 5.97 Å². The molecule has 0 unspecified atom stereocenters. The number of carbonyl (C=O) groups excluding carboxylic acids is 1. The van der Waals surface area contributed by atoms with Gasteiger partial charge in [0.05, 0.1) is 13.5 Å². The molecule has 0 atom stereocenters. The first-order valence-electron chi connectivity index (χ1n) is 8.60. The van der Waals surface area contributed by atoms with Gasteiger partial charge in [-0.3, -0.25) is 4.79 Å². The summed E-state index contributed by atoms with van der Waals surface area (Å²) in [7, 11) is 1.44. The van der Waals surface area contributed by atoms with E-state index in [1.165, 1.54) is 12.7 Å². The molecular weight excluding hydrogens is 316 g/mol. The molecule has 132 valence electrons. The van der Waals surface area contributed by atoms with Crippen molar-refractivity contribution in [1.82, 2.24) is 10.3 Å². The Balaban J connectivity index is 1.55. The van der Waals surface area contributed by atoms with E-state index in [9.17, 15) is 4.79 Å². The molecule has 25 heavy (non-hydrogen) atoms. The summed E-state index contributed by atoms with van der Waals surface area (Å²) in [6.45, 7) is 2.72. The van der Waals surface area contributed by atoms with Gasteiger partial charge in [0.15, 0.2) is 0 Å². The number of rotatable bonds is 7. The van der Waals surface area contributed by atoms with Crippen LogP contribution in [0.25, 0.3) is 0 Å². The average Bonchev–Trinajstić information content (AvgIpc) is 2.60. The Kier molecular flexibility index (Phi) is 5.34. The molecule has 1 aromatic carbocycles. The van der Waals surface area contributed by atoms with E-state index in [-0.39, 0.29) is 11.5 Å². The van der Waals surface area contributed by atoms with Gasteiger partial charge in [0.25, 0.3) is 0 Å². The van der Waals surface area contributed by atoms with Gasteiger partial charge in [-0.1, -0.05) is 23.8 Å². The van der Waals surface area contributed by atoms with Crippen molar-refractivity contribution in [2.24, 2.45) is 0 Å². The van der Waals surface area contributed by atoms with Gasteiger partial charge in [0.2, 0.25) is 5.88 Å². The predicted octanol–water partition coefficient (Wildman–Crippen LogP) is 3.76. The van der Waals surface area contributed by atoms with Crippen LogP contribution in [0.2, 0.25) is 0 Å². The highest BCUT2D eigenvalue weighted by atomic mass is 16.5. The largest absolute Gasteiger partial charge is 0.469 e. The lowest BCUT2D eigenvalue weighted by atomic mass is 9.74. The minimum absolute atomic E-state index is 0.121. The highest BCUT2D eigenvalue weighted by molar-refractivity contribution is 5.71. The molecule has 0 spiro atoms. The molecular formula is C20H24N2O3. The summed E-state index contributed by atoms with van der Waals surface area (Å²) in [4.78, 5) is 15.9. The molecule has 2 aromatic rings. The van der Waals surface area contributed by atoms with Crippen molar-refractivity contribution in [2.45, 2.75) is 44.7 Å². The van der Waals surface area contributed by atoms with E-state index in [4.69, 9.17) is 9.47 Å². The molecule has 3 rings (SSSR count). The van der Waals surface area contributed by atoms with Crippen LogP contribution in [0, 0.1) is 6.92 Å². The van der Waals surface area contributed by atoms with Gasteiger partial charge in [-0.2, -0.15) is 0 Å². The molecule has 0 saturated heterocycles. The van der Waals surface area contributed by atoms with E-state index in [2.05, 4.69) is 10.3 Å². The maximum atomic E-state index is 11.6. The lowest BCUT2D eigenvalue weighted by Crippen LogP contribution is -2.52. The van der Waals surface area contributed by atoms with E-state index >= 15 is 0 Å². The predicted molar refractivity (Wildman–Crippen MR) is 95.5 cm³/mol. The van der Waals surface area contributed by atoms with Gasteiger partial charge in [-0.25, -0.2) is 4.98 Å². The number of benzene rings is 1. The standard InChI is InChI=1S/C20H24N2O3/c1-15-4-7-17(8-5-15)25-18-9-6-16(13-21-18)14-22-20(10-3-11-20)12-19(23)24-2/h4-9,13,22H,3,10-12,14H2,1-2H3. The smallest absolute Gasteiger partial charge is 0.307 e. The second-order valence-corrected chi connectivity index (χ2v) is 6.66. The van der Waals surface area contributed by atoms with E-state index in [0.717, 1.165) is 30.6 Å². The summed E-state index contributed by atoms with van der Waals surface area (Å²) in [5.41, 5.74) is 2.13. The summed E-state index contributed by atoms with van der Waals surface area (Å²) in [6, 6.07) is 11.7. The van der Waals surface area contributed by atoms with Crippen LogP contribution in [-0.4, -0.2) is 23.6 Å². The second-order valence-electron chi connectivity index (χ2n) is 6.66. The van der Waals surface area contributed by atoms with E-state index < -0.39 is 0 Å².